The monoisotopic (exact) mass is 278 g/mol. The number of piperidine rings is 1. The lowest BCUT2D eigenvalue weighted by atomic mass is 10.0. The minimum atomic E-state index is 0.641. The molecule has 19 heavy (non-hydrogen) atoms. The van der Waals surface area contributed by atoms with E-state index < -0.39 is 0 Å². The Balaban J connectivity index is 1.80. The third kappa shape index (κ3) is 3.24. The van der Waals surface area contributed by atoms with Gasteiger partial charge < -0.3 is 10.2 Å². The van der Waals surface area contributed by atoms with Crippen LogP contribution in [0, 0.1) is 0 Å². The number of anilines is 1. The van der Waals surface area contributed by atoms with Crippen molar-refractivity contribution in [1.82, 2.24) is 5.32 Å². The molecule has 0 radical (unpaired) electrons. The Bertz CT molecular complexity index is 421. The van der Waals surface area contributed by atoms with E-state index in [9.17, 15) is 0 Å². The summed E-state index contributed by atoms with van der Waals surface area (Å²) in [6, 6.07) is 7.07. The van der Waals surface area contributed by atoms with Crippen molar-refractivity contribution in [3.05, 3.63) is 28.8 Å². The van der Waals surface area contributed by atoms with Crippen LogP contribution >= 0.6 is 11.6 Å². The van der Waals surface area contributed by atoms with Crippen molar-refractivity contribution in [1.29, 1.82) is 0 Å². The summed E-state index contributed by atoms with van der Waals surface area (Å²) in [5.74, 6) is 0. The van der Waals surface area contributed by atoms with Crippen molar-refractivity contribution in [3.63, 3.8) is 0 Å². The molecule has 0 amide bonds. The third-order valence-corrected chi connectivity index (χ3v) is 4.60. The average molecular weight is 279 g/mol. The molecule has 0 aromatic heterocycles. The normalized spacial score (nSPS) is 23.8. The van der Waals surface area contributed by atoms with Gasteiger partial charge in [-0.3, -0.25) is 0 Å². The van der Waals surface area contributed by atoms with Crippen LogP contribution in [0.3, 0.4) is 0 Å². The highest BCUT2D eigenvalue weighted by molar-refractivity contribution is 6.30. The molecule has 2 saturated heterocycles. The first kappa shape index (κ1) is 13.3. The lowest BCUT2D eigenvalue weighted by molar-refractivity contribution is 0.569. The predicted molar refractivity (Wildman–Crippen MR) is 82.2 cm³/mol. The van der Waals surface area contributed by atoms with E-state index in [0.29, 0.717) is 6.04 Å². The van der Waals surface area contributed by atoms with Crippen molar-refractivity contribution < 1.29 is 0 Å². The highest BCUT2D eigenvalue weighted by Crippen LogP contribution is 2.29. The molecule has 0 saturated carbocycles. The lowest BCUT2D eigenvalue weighted by Gasteiger charge is -2.31. The molecule has 2 aliphatic heterocycles. The van der Waals surface area contributed by atoms with Crippen LogP contribution in [0.15, 0.2) is 18.2 Å². The summed E-state index contributed by atoms with van der Waals surface area (Å²) in [7, 11) is 0. The molecular formula is C16H23ClN2. The van der Waals surface area contributed by atoms with Crippen LogP contribution in [0.5, 0.6) is 0 Å². The van der Waals surface area contributed by atoms with Crippen LogP contribution in [0.25, 0.3) is 0 Å². The van der Waals surface area contributed by atoms with Crippen molar-refractivity contribution in [3.8, 4) is 0 Å². The summed E-state index contributed by atoms with van der Waals surface area (Å²) in [6.45, 7) is 3.57. The second kappa shape index (κ2) is 6.15. The summed E-state index contributed by atoms with van der Waals surface area (Å²) in [5.41, 5.74) is 2.84. The molecule has 0 bridgehead atoms. The Morgan fingerprint density at radius 2 is 2.00 bits per heavy atom. The molecule has 1 atom stereocenters. The fraction of sp³-hybridized carbons (Fsp3) is 0.625. The first-order chi connectivity index (χ1) is 9.33. The summed E-state index contributed by atoms with van der Waals surface area (Å²) in [6.07, 6.45) is 7.75. The summed E-state index contributed by atoms with van der Waals surface area (Å²) < 4.78 is 0. The lowest BCUT2D eigenvalue weighted by Crippen LogP contribution is -2.31. The number of nitrogens with one attached hydrogen (secondary N) is 1. The zero-order chi connectivity index (χ0) is 13.1. The first-order valence-corrected chi connectivity index (χ1v) is 7.97. The molecule has 3 rings (SSSR count). The van der Waals surface area contributed by atoms with Crippen LogP contribution in [0.2, 0.25) is 5.02 Å². The van der Waals surface area contributed by atoms with Crippen molar-refractivity contribution in [2.75, 3.05) is 24.5 Å². The number of hydrogen-bond acceptors (Lipinski definition) is 2. The van der Waals surface area contributed by atoms with Crippen LogP contribution in [-0.4, -0.2) is 25.7 Å². The fourth-order valence-corrected chi connectivity index (χ4v) is 3.55. The molecule has 2 fully saturated rings. The van der Waals surface area contributed by atoms with Gasteiger partial charge in [-0.1, -0.05) is 11.6 Å². The Hall–Kier alpha value is -0.730. The maximum Gasteiger partial charge on any atom is 0.0410 e. The summed E-state index contributed by atoms with van der Waals surface area (Å²) in [5, 5.41) is 4.46. The Morgan fingerprint density at radius 1 is 1.16 bits per heavy atom. The molecule has 2 aliphatic rings. The van der Waals surface area contributed by atoms with Gasteiger partial charge >= 0.3 is 0 Å². The van der Waals surface area contributed by atoms with Gasteiger partial charge in [0.05, 0.1) is 0 Å². The van der Waals surface area contributed by atoms with Gasteiger partial charge in [0.2, 0.25) is 0 Å². The predicted octanol–water partition coefficient (Wildman–Crippen LogP) is 3.62. The number of hydrogen-bond donors (Lipinski definition) is 1. The molecular weight excluding hydrogens is 256 g/mol. The van der Waals surface area contributed by atoms with Gasteiger partial charge in [-0.05, 0) is 68.8 Å². The molecule has 2 heterocycles. The van der Waals surface area contributed by atoms with Crippen LogP contribution in [0.4, 0.5) is 5.69 Å². The fourth-order valence-electron chi connectivity index (χ4n) is 3.36. The molecule has 3 heteroatoms. The van der Waals surface area contributed by atoms with Crippen molar-refractivity contribution in [2.45, 2.75) is 44.6 Å². The number of benzene rings is 1. The van der Waals surface area contributed by atoms with E-state index in [1.165, 1.54) is 63.0 Å². The molecule has 1 aromatic rings. The molecule has 104 valence electrons. The van der Waals surface area contributed by atoms with Gasteiger partial charge in [0, 0.05) is 29.8 Å². The SMILES string of the molecule is Clc1ccc(N2CCCCC2)c(CC2CCCN2)c1. The smallest absolute Gasteiger partial charge is 0.0410 e. The summed E-state index contributed by atoms with van der Waals surface area (Å²) in [4.78, 5) is 2.55. The van der Waals surface area contributed by atoms with E-state index >= 15 is 0 Å². The van der Waals surface area contributed by atoms with E-state index in [0.717, 1.165) is 11.4 Å². The maximum atomic E-state index is 6.20. The Labute approximate surface area is 121 Å². The van der Waals surface area contributed by atoms with Gasteiger partial charge in [-0.2, -0.15) is 0 Å². The molecule has 1 aromatic carbocycles. The van der Waals surface area contributed by atoms with Crippen LogP contribution in [-0.2, 0) is 6.42 Å². The Kier molecular flexibility index (Phi) is 4.29. The standard InChI is InChI=1S/C16H23ClN2/c17-14-6-7-16(19-9-2-1-3-10-19)13(11-14)12-15-5-4-8-18-15/h6-7,11,15,18H,1-5,8-10,12H2. The zero-order valence-electron chi connectivity index (χ0n) is 11.5. The Morgan fingerprint density at radius 3 is 2.74 bits per heavy atom. The van der Waals surface area contributed by atoms with E-state index in [2.05, 4.69) is 22.3 Å². The second-order valence-corrected chi connectivity index (χ2v) is 6.25. The zero-order valence-corrected chi connectivity index (χ0v) is 12.3. The molecule has 1 unspecified atom stereocenters. The minimum Gasteiger partial charge on any atom is -0.371 e. The average Bonchev–Trinajstić information content (AvgIpc) is 2.93. The van der Waals surface area contributed by atoms with Gasteiger partial charge in [-0.25, -0.2) is 0 Å². The van der Waals surface area contributed by atoms with Gasteiger partial charge in [-0.15, -0.1) is 0 Å². The highest BCUT2D eigenvalue weighted by atomic mass is 35.5. The number of rotatable bonds is 3. The van der Waals surface area contributed by atoms with Gasteiger partial charge in [0.1, 0.15) is 0 Å². The number of halogens is 1. The minimum absolute atomic E-state index is 0.641. The van der Waals surface area contributed by atoms with Crippen LogP contribution in [0.1, 0.15) is 37.7 Å². The number of nitrogens with zero attached hydrogens (tertiary/aromatic N) is 1. The van der Waals surface area contributed by atoms with Gasteiger partial charge in [0.15, 0.2) is 0 Å². The van der Waals surface area contributed by atoms with Crippen molar-refractivity contribution in [2.24, 2.45) is 0 Å². The summed E-state index contributed by atoms with van der Waals surface area (Å²) >= 11 is 6.20. The second-order valence-electron chi connectivity index (χ2n) is 5.82. The topological polar surface area (TPSA) is 15.3 Å². The molecule has 0 spiro atoms. The van der Waals surface area contributed by atoms with E-state index in [-0.39, 0.29) is 0 Å². The third-order valence-electron chi connectivity index (χ3n) is 4.37. The maximum absolute atomic E-state index is 6.20. The highest BCUT2D eigenvalue weighted by Gasteiger charge is 2.19. The van der Waals surface area contributed by atoms with E-state index in [1.807, 2.05) is 6.07 Å². The van der Waals surface area contributed by atoms with Crippen molar-refractivity contribution >= 4 is 17.3 Å². The molecule has 2 nitrogen and oxygen atoms in total. The molecule has 1 N–H and O–H groups in total. The van der Waals surface area contributed by atoms with Gasteiger partial charge in [0.25, 0.3) is 0 Å². The van der Waals surface area contributed by atoms with Crippen LogP contribution < -0.4 is 10.2 Å². The first-order valence-electron chi connectivity index (χ1n) is 7.60. The largest absolute Gasteiger partial charge is 0.371 e. The van der Waals surface area contributed by atoms with E-state index in [1.54, 1.807) is 0 Å². The quantitative estimate of drug-likeness (QED) is 0.908. The molecule has 0 aliphatic carbocycles. The van der Waals surface area contributed by atoms with E-state index in [4.69, 9.17) is 11.6 Å².